The highest BCUT2D eigenvalue weighted by Crippen LogP contribution is 2.28. The zero-order chi connectivity index (χ0) is 17.8. The molecule has 2 aliphatic rings. The van der Waals surface area contributed by atoms with Crippen molar-refractivity contribution in [3.05, 3.63) is 42.5 Å². The molecule has 0 radical (unpaired) electrons. The number of benzene rings is 1. The maximum atomic E-state index is 12.4. The molecule has 1 aromatic heterocycles. The summed E-state index contributed by atoms with van der Waals surface area (Å²) >= 11 is 0. The maximum Gasteiger partial charge on any atom is 0.223 e. The zero-order valence-electron chi connectivity index (χ0n) is 14.9. The normalized spacial score (nSPS) is 25.8. The fourth-order valence-electron chi connectivity index (χ4n) is 3.88. The maximum absolute atomic E-state index is 12.4. The van der Waals surface area contributed by atoms with E-state index in [1.54, 1.807) is 4.80 Å². The third kappa shape index (κ3) is 3.84. The lowest BCUT2D eigenvalue weighted by Crippen LogP contribution is -2.41. The van der Waals surface area contributed by atoms with E-state index in [-0.39, 0.29) is 23.9 Å². The van der Waals surface area contributed by atoms with E-state index in [1.165, 1.54) is 0 Å². The molecule has 0 spiro atoms. The van der Waals surface area contributed by atoms with E-state index in [1.807, 2.05) is 30.3 Å². The fraction of sp³-hybridized carbons (Fsp3) is 0.500. The third-order valence-corrected chi connectivity index (χ3v) is 5.47. The molecular formula is C20H25N5O. The van der Waals surface area contributed by atoms with Gasteiger partial charge in [0.1, 0.15) is 0 Å². The molecule has 1 aromatic carbocycles. The number of carbonyl (C=O) groups is 1. The molecule has 2 aromatic rings. The van der Waals surface area contributed by atoms with Gasteiger partial charge < -0.3 is 5.32 Å². The molecule has 1 fully saturated rings. The van der Waals surface area contributed by atoms with Gasteiger partial charge in [0.15, 0.2) is 0 Å². The second kappa shape index (κ2) is 7.81. The summed E-state index contributed by atoms with van der Waals surface area (Å²) in [5, 5.41) is 16.3. The molecule has 4 rings (SSSR count). The van der Waals surface area contributed by atoms with Crippen LogP contribution >= 0.6 is 0 Å². The summed E-state index contributed by atoms with van der Waals surface area (Å²) in [6.45, 7) is 0. The highest BCUT2D eigenvalue weighted by atomic mass is 16.1. The Bertz CT molecular complexity index is 762. The lowest BCUT2D eigenvalue weighted by Gasteiger charge is -2.29. The van der Waals surface area contributed by atoms with Crippen LogP contribution in [0.1, 0.15) is 51.0 Å². The van der Waals surface area contributed by atoms with Crippen LogP contribution in [-0.4, -0.2) is 32.2 Å². The van der Waals surface area contributed by atoms with Crippen LogP contribution in [0.4, 0.5) is 0 Å². The topological polar surface area (TPSA) is 72.7 Å². The van der Waals surface area contributed by atoms with Crippen molar-refractivity contribution in [3.63, 3.8) is 0 Å². The summed E-state index contributed by atoms with van der Waals surface area (Å²) in [5.74, 6) is 1.05. The Balaban J connectivity index is 1.30. The Hall–Kier alpha value is -2.50. The van der Waals surface area contributed by atoms with Crippen molar-refractivity contribution in [2.75, 3.05) is 0 Å². The monoisotopic (exact) mass is 351 g/mol. The number of hydrogen-bond acceptors (Lipinski definition) is 4. The number of nitrogens with one attached hydrogen (secondary N) is 1. The Morgan fingerprint density at radius 2 is 1.85 bits per heavy atom. The Kier molecular flexibility index (Phi) is 5.09. The van der Waals surface area contributed by atoms with Crippen LogP contribution in [-0.2, 0) is 4.79 Å². The van der Waals surface area contributed by atoms with Gasteiger partial charge in [-0.2, -0.15) is 4.80 Å². The van der Waals surface area contributed by atoms with Gasteiger partial charge in [-0.25, -0.2) is 0 Å². The first-order valence-corrected chi connectivity index (χ1v) is 9.60. The summed E-state index contributed by atoms with van der Waals surface area (Å²) in [4.78, 5) is 14.1. The molecule has 0 bridgehead atoms. The van der Waals surface area contributed by atoms with E-state index in [4.69, 9.17) is 0 Å². The predicted molar refractivity (Wildman–Crippen MR) is 99.2 cm³/mol. The molecule has 0 aliphatic heterocycles. The highest BCUT2D eigenvalue weighted by Gasteiger charge is 2.27. The van der Waals surface area contributed by atoms with E-state index in [2.05, 4.69) is 32.9 Å². The number of nitrogens with zero attached hydrogens (tertiary/aromatic N) is 4. The molecule has 6 nitrogen and oxygen atoms in total. The molecular weight excluding hydrogens is 326 g/mol. The Morgan fingerprint density at radius 3 is 2.58 bits per heavy atom. The van der Waals surface area contributed by atoms with E-state index < -0.39 is 0 Å². The van der Waals surface area contributed by atoms with Gasteiger partial charge in [-0.1, -0.05) is 42.5 Å². The molecule has 26 heavy (non-hydrogen) atoms. The van der Waals surface area contributed by atoms with E-state index >= 15 is 0 Å². The number of carbonyl (C=O) groups excluding carboxylic acids is 1. The molecule has 1 N–H and O–H groups in total. The minimum Gasteiger partial charge on any atom is -0.353 e. The first-order valence-electron chi connectivity index (χ1n) is 9.60. The zero-order valence-corrected chi connectivity index (χ0v) is 14.9. The number of tetrazole rings is 1. The van der Waals surface area contributed by atoms with Crippen molar-refractivity contribution < 1.29 is 4.79 Å². The molecule has 1 atom stereocenters. The van der Waals surface area contributed by atoms with Crippen molar-refractivity contribution in [1.82, 2.24) is 25.5 Å². The average Bonchev–Trinajstić information content (AvgIpc) is 3.20. The van der Waals surface area contributed by atoms with Gasteiger partial charge in [-0.15, -0.1) is 10.2 Å². The number of allylic oxidation sites excluding steroid dienone is 2. The summed E-state index contributed by atoms with van der Waals surface area (Å²) in [5.41, 5.74) is 0.987. The average molecular weight is 351 g/mol. The second-order valence-corrected chi connectivity index (χ2v) is 7.29. The molecule has 1 saturated carbocycles. The minimum atomic E-state index is 0.156. The summed E-state index contributed by atoms with van der Waals surface area (Å²) in [7, 11) is 0. The lowest BCUT2D eigenvalue weighted by atomic mass is 9.89. The van der Waals surface area contributed by atoms with Gasteiger partial charge in [0.25, 0.3) is 0 Å². The van der Waals surface area contributed by atoms with Crippen LogP contribution in [0.5, 0.6) is 0 Å². The van der Waals surface area contributed by atoms with Crippen molar-refractivity contribution in [2.24, 2.45) is 5.92 Å². The number of hydrogen-bond donors (Lipinski definition) is 1. The molecule has 1 unspecified atom stereocenters. The van der Waals surface area contributed by atoms with Crippen LogP contribution in [0.2, 0.25) is 0 Å². The summed E-state index contributed by atoms with van der Waals surface area (Å²) < 4.78 is 0. The number of aromatic nitrogens is 4. The molecule has 1 amide bonds. The van der Waals surface area contributed by atoms with Gasteiger partial charge in [-0.3, -0.25) is 4.79 Å². The first-order chi connectivity index (χ1) is 12.8. The second-order valence-electron chi connectivity index (χ2n) is 7.29. The Morgan fingerprint density at radius 1 is 1.04 bits per heavy atom. The predicted octanol–water partition coefficient (Wildman–Crippen LogP) is 3.30. The minimum absolute atomic E-state index is 0.156. The number of rotatable bonds is 4. The smallest absolute Gasteiger partial charge is 0.223 e. The van der Waals surface area contributed by atoms with Crippen molar-refractivity contribution in [3.8, 4) is 11.4 Å². The van der Waals surface area contributed by atoms with Gasteiger partial charge in [0.05, 0.1) is 6.04 Å². The van der Waals surface area contributed by atoms with Crippen LogP contribution in [0.3, 0.4) is 0 Å². The summed E-state index contributed by atoms with van der Waals surface area (Å²) in [6.07, 6.45) is 11.1. The van der Waals surface area contributed by atoms with Crippen LogP contribution in [0, 0.1) is 5.92 Å². The molecule has 0 saturated heterocycles. The van der Waals surface area contributed by atoms with E-state index in [9.17, 15) is 4.79 Å². The quantitative estimate of drug-likeness (QED) is 0.858. The fourth-order valence-corrected chi connectivity index (χ4v) is 3.88. The standard InChI is InChI=1S/C20H25N5O/c26-20(16-9-5-2-6-10-16)21-17-11-13-18(14-12-17)25-23-19(22-24-25)15-7-3-1-4-8-15/h1-5,7-8,16-18H,6,9-14H2,(H,21,26). The van der Waals surface area contributed by atoms with Gasteiger partial charge in [0.2, 0.25) is 11.7 Å². The van der Waals surface area contributed by atoms with E-state index in [0.29, 0.717) is 5.82 Å². The first kappa shape index (κ1) is 16.9. The van der Waals surface area contributed by atoms with Crippen LogP contribution in [0.15, 0.2) is 42.5 Å². The van der Waals surface area contributed by atoms with Gasteiger partial charge >= 0.3 is 0 Å². The van der Waals surface area contributed by atoms with Crippen LogP contribution < -0.4 is 5.32 Å². The van der Waals surface area contributed by atoms with Crippen molar-refractivity contribution in [1.29, 1.82) is 0 Å². The van der Waals surface area contributed by atoms with Crippen molar-refractivity contribution >= 4 is 5.91 Å². The van der Waals surface area contributed by atoms with Gasteiger partial charge in [-0.05, 0) is 50.2 Å². The third-order valence-electron chi connectivity index (χ3n) is 5.47. The molecule has 2 aliphatic carbocycles. The summed E-state index contributed by atoms with van der Waals surface area (Å²) in [6, 6.07) is 10.5. The molecule has 6 heteroatoms. The molecule has 1 heterocycles. The lowest BCUT2D eigenvalue weighted by molar-refractivity contribution is -0.126. The largest absolute Gasteiger partial charge is 0.353 e. The Labute approximate surface area is 153 Å². The van der Waals surface area contributed by atoms with Crippen LogP contribution in [0.25, 0.3) is 11.4 Å². The van der Waals surface area contributed by atoms with Gasteiger partial charge in [0, 0.05) is 17.5 Å². The van der Waals surface area contributed by atoms with E-state index in [0.717, 1.165) is 50.5 Å². The highest BCUT2D eigenvalue weighted by molar-refractivity contribution is 5.79. The molecule has 136 valence electrons. The number of amides is 1. The van der Waals surface area contributed by atoms with Crippen molar-refractivity contribution in [2.45, 2.75) is 57.0 Å². The SMILES string of the molecule is O=C(NC1CCC(n2nnc(-c3ccccc3)n2)CC1)C1CC=CCC1.